The summed E-state index contributed by atoms with van der Waals surface area (Å²) in [4.78, 5) is 2.42. The van der Waals surface area contributed by atoms with Gasteiger partial charge in [0.15, 0.2) is 0 Å². The van der Waals surface area contributed by atoms with Gasteiger partial charge < -0.3 is 10.2 Å². The molecule has 0 fully saturated rings. The Morgan fingerprint density at radius 1 is 1.44 bits per heavy atom. The predicted octanol–water partition coefficient (Wildman–Crippen LogP) is 2.77. The minimum atomic E-state index is 0.490. The molecule has 18 heavy (non-hydrogen) atoms. The van der Waals surface area contributed by atoms with Crippen molar-refractivity contribution in [3.8, 4) is 0 Å². The summed E-state index contributed by atoms with van der Waals surface area (Å²) >= 11 is 0. The Morgan fingerprint density at radius 3 is 3.11 bits per heavy atom. The highest BCUT2D eigenvalue weighted by atomic mass is 15.1. The van der Waals surface area contributed by atoms with Crippen molar-refractivity contribution >= 4 is 0 Å². The molecule has 2 heteroatoms. The van der Waals surface area contributed by atoms with Crippen LogP contribution in [0, 0.1) is 0 Å². The van der Waals surface area contributed by atoms with Crippen molar-refractivity contribution in [2.75, 3.05) is 26.7 Å². The van der Waals surface area contributed by atoms with Crippen LogP contribution in [0.25, 0.3) is 0 Å². The van der Waals surface area contributed by atoms with Crippen LogP contribution in [0.5, 0.6) is 0 Å². The van der Waals surface area contributed by atoms with Gasteiger partial charge in [-0.3, -0.25) is 0 Å². The zero-order chi connectivity index (χ0) is 12.8. The van der Waals surface area contributed by atoms with Gasteiger partial charge in [-0.15, -0.1) is 6.58 Å². The summed E-state index contributed by atoms with van der Waals surface area (Å²) < 4.78 is 0. The lowest BCUT2D eigenvalue weighted by atomic mass is 9.94. The van der Waals surface area contributed by atoms with Gasteiger partial charge in [-0.2, -0.15) is 0 Å². The standard InChI is InChI=1S/C16H24N2/c1-3-4-7-12-18(2)13-16-15-9-6-5-8-14(15)10-11-17-16/h3,5-6,8-9,16-17H,1,4,7,10-13H2,2H3. The Labute approximate surface area is 111 Å². The Balaban J connectivity index is 1.92. The number of nitrogens with one attached hydrogen (secondary N) is 1. The van der Waals surface area contributed by atoms with E-state index >= 15 is 0 Å². The Hall–Kier alpha value is -1.12. The van der Waals surface area contributed by atoms with Crippen molar-refractivity contribution in [1.29, 1.82) is 0 Å². The minimum Gasteiger partial charge on any atom is -0.309 e. The molecule has 0 spiro atoms. The van der Waals surface area contributed by atoms with Crippen molar-refractivity contribution in [2.45, 2.75) is 25.3 Å². The maximum absolute atomic E-state index is 3.77. The summed E-state index contributed by atoms with van der Waals surface area (Å²) in [6.07, 6.45) is 5.47. The number of nitrogens with zero attached hydrogens (tertiary/aromatic N) is 1. The van der Waals surface area contributed by atoms with E-state index in [2.05, 4.69) is 48.1 Å². The summed E-state index contributed by atoms with van der Waals surface area (Å²) in [7, 11) is 2.21. The van der Waals surface area contributed by atoms with Crippen LogP contribution in [-0.4, -0.2) is 31.6 Å². The number of hydrogen-bond acceptors (Lipinski definition) is 2. The second-order valence-corrected chi connectivity index (χ2v) is 5.15. The van der Waals surface area contributed by atoms with Crippen LogP contribution in [-0.2, 0) is 6.42 Å². The van der Waals surface area contributed by atoms with Gasteiger partial charge in [-0.1, -0.05) is 30.3 Å². The monoisotopic (exact) mass is 244 g/mol. The van der Waals surface area contributed by atoms with Gasteiger partial charge >= 0.3 is 0 Å². The zero-order valence-electron chi connectivity index (χ0n) is 11.4. The zero-order valence-corrected chi connectivity index (χ0v) is 11.4. The molecule has 0 saturated carbocycles. The van der Waals surface area contributed by atoms with Gasteiger partial charge in [0.2, 0.25) is 0 Å². The fraction of sp³-hybridized carbons (Fsp3) is 0.500. The molecule has 1 atom stereocenters. The molecule has 1 aliphatic rings. The molecule has 2 nitrogen and oxygen atoms in total. The smallest absolute Gasteiger partial charge is 0.0452 e. The highest BCUT2D eigenvalue weighted by molar-refractivity contribution is 5.32. The molecule has 0 aliphatic carbocycles. The fourth-order valence-corrected chi connectivity index (χ4v) is 2.66. The van der Waals surface area contributed by atoms with Crippen LogP contribution in [0.1, 0.15) is 30.0 Å². The summed E-state index contributed by atoms with van der Waals surface area (Å²) in [6.45, 7) is 7.11. The van der Waals surface area contributed by atoms with E-state index in [0.29, 0.717) is 6.04 Å². The molecule has 1 aromatic rings. The lowest BCUT2D eigenvalue weighted by Gasteiger charge is -2.30. The maximum Gasteiger partial charge on any atom is 0.0452 e. The molecule has 0 bridgehead atoms. The summed E-state index contributed by atoms with van der Waals surface area (Å²) in [6, 6.07) is 9.32. The third-order valence-electron chi connectivity index (χ3n) is 3.66. The molecule has 0 aromatic heterocycles. The Bertz CT molecular complexity index is 386. The van der Waals surface area contributed by atoms with Gasteiger partial charge in [0.25, 0.3) is 0 Å². The molecule has 1 N–H and O–H groups in total. The highest BCUT2D eigenvalue weighted by Crippen LogP contribution is 2.23. The first-order chi connectivity index (χ1) is 8.81. The number of unbranched alkanes of at least 4 members (excludes halogenated alkanes) is 1. The molecule has 98 valence electrons. The molecule has 1 unspecified atom stereocenters. The number of allylic oxidation sites excluding steroid dienone is 1. The molecule has 1 aromatic carbocycles. The molecule has 0 radical (unpaired) electrons. The number of likely N-dealkylation sites (N-methyl/N-ethyl adjacent to an activating group) is 1. The van der Waals surface area contributed by atoms with Crippen molar-refractivity contribution in [1.82, 2.24) is 10.2 Å². The Kier molecular flexibility index (Phi) is 4.97. The molecule has 1 heterocycles. The van der Waals surface area contributed by atoms with Crippen molar-refractivity contribution in [2.24, 2.45) is 0 Å². The highest BCUT2D eigenvalue weighted by Gasteiger charge is 2.19. The largest absolute Gasteiger partial charge is 0.309 e. The lowest BCUT2D eigenvalue weighted by molar-refractivity contribution is 0.283. The van der Waals surface area contributed by atoms with Gasteiger partial charge in [0.1, 0.15) is 0 Å². The number of fused-ring (bicyclic) bond motifs is 1. The van der Waals surface area contributed by atoms with Crippen LogP contribution >= 0.6 is 0 Å². The molecular formula is C16H24N2. The van der Waals surface area contributed by atoms with Crippen LogP contribution < -0.4 is 5.32 Å². The van der Waals surface area contributed by atoms with E-state index in [1.165, 1.54) is 17.5 Å². The SMILES string of the molecule is C=CCCCN(C)CC1NCCc2ccccc21. The van der Waals surface area contributed by atoms with Crippen LogP contribution in [0.4, 0.5) is 0 Å². The molecule has 0 amide bonds. The summed E-state index contributed by atoms with van der Waals surface area (Å²) in [5, 5.41) is 3.63. The van der Waals surface area contributed by atoms with Gasteiger partial charge in [0.05, 0.1) is 0 Å². The second-order valence-electron chi connectivity index (χ2n) is 5.15. The van der Waals surface area contributed by atoms with Gasteiger partial charge in [-0.05, 0) is 50.5 Å². The van der Waals surface area contributed by atoms with E-state index in [4.69, 9.17) is 0 Å². The molecule has 1 aliphatic heterocycles. The quantitative estimate of drug-likeness (QED) is 0.611. The first kappa shape index (κ1) is 13.3. The van der Waals surface area contributed by atoms with E-state index in [1.54, 1.807) is 0 Å². The van der Waals surface area contributed by atoms with Crippen LogP contribution in [0.15, 0.2) is 36.9 Å². The van der Waals surface area contributed by atoms with Crippen molar-refractivity contribution in [3.63, 3.8) is 0 Å². The van der Waals surface area contributed by atoms with Crippen molar-refractivity contribution < 1.29 is 0 Å². The number of benzene rings is 1. The average Bonchev–Trinajstić information content (AvgIpc) is 2.39. The predicted molar refractivity (Wildman–Crippen MR) is 77.8 cm³/mol. The lowest BCUT2D eigenvalue weighted by Crippen LogP contribution is -2.37. The molecule has 2 rings (SSSR count). The first-order valence-electron chi connectivity index (χ1n) is 6.92. The molecular weight excluding hydrogens is 220 g/mol. The maximum atomic E-state index is 3.77. The van der Waals surface area contributed by atoms with E-state index < -0.39 is 0 Å². The topological polar surface area (TPSA) is 15.3 Å². The first-order valence-corrected chi connectivity index (χ1v) is 6.92. The van der Waals surface area contributed by atoms with Gasteiger partial charge in [0, 0.05) is 12.6 Å². The van der Waals surface area contributed by atoms with Crippen molar-refractivity contribution in [3.05, 3.63) is 48.0 Å². The summed E-state index contributed by atoms with van der Waals surface area (Å²) in [5.74, 6) is 0. The average molecular weight is 244 g/mol. The van der Waals surface area contributed by atoms with Gasteiger partial charge in [-0.25, -0.2) is 0 Å². The third kappa shape index (κ3) is 3.44. The van der Waals surface area contributed by atoms with E-state index in [0.717, 1.165) is 32.5 Å². The molecule has 0 saturated heterocycles. The van der Waals surface area contributed by atoms with E-state index in [-0.39, 0.29) is 0 Å². The van der Waals surface area contributed by atoms with E-state index in [9.17, 15) is 0 Å². The Morgan fingerprint density at radius 2 is 2.28 bits per heavy atom. The van der Waals surface area contributed by atoms with Crippen LogP contribution in [0.3, 0.4) is 0 Å². The minimum absolute atomic E-state index is 0.490. The second kappa shape index (κ2) is 6.72. The van der Waals surface area contributed by atoms with Crippen LogP contribution in [0.2, 0.25) is 0 Å². The third-order valence-corrected chi connectivity index (χ3v) is 3.66. The normalized spacial score (nSPS) is 18.7. The number of rotatable bonds is 6. The summed E-state index contributed by atoms with van der Waals surface area (Å²) in [5.41, 5.74) is 3.00. The fourth-order valence-electron chi connectivity index (χ4n) is 2.66. The van der Waals surface area contributed by atoms with E-state index in [1.807, 2.05) is 6.08 Å². The number of hydrogen-bond donors (Lipinski definition) is 1.